The molecular weight excluding hydrogens is 653 g/mol. The number of anilines is 1. The van der Waals surface area contributed by atoms with E-state index in [1.807, 2.05) is 37.3 Å². The third kappa shape index (κ3) is 9.23. The van der Waals surface area contributed by atoms with Crippen molar-refractivity contribution in [2.75, 3.05) is 17.4 Å². The summed E-state index contributed by atoms with van der Waals surface area (Å²) < 4.78 is 29.1. The maximum atomic E-state index is 14.5. The van der Waals surface area contributed by atoms with Crippen molar-refractivity contribution in [1.82, 2.24) is 10.2 Å². The molecule has 0 fully saturated rings. The number of nitrogens with zero attached hydrogens (tertiary/aromatic N) is 2. The van der Waals surface area contributed by atoms with Crippen LogP contribution >= 0.6 is 34.8 Å². The maximum Gasteiger partial charge on any atom is 0.264 e. The van der Waals surface area contributed by atoms with Crippen LogP contribution in [0.1, 0.15) is 30.9 Å². The molecule has 1 atom stereocenters. The quantitative estimate of drug-likeness (QED) is 0.140. The fourth-order valence-corrected chi connectivity index (χ4v) is 6.71. The molecule has 0 aliphatic rings. The van der Waals surface area contributed by atoms with Crippen LogP contribution in [-0.2, 0) is 32.6 Å². The molecule has 1 N–H and O–H groups in total. The van der Waals surface area contributed by atoms with Crippen LogP contribution in [0.25, 0.3) is 0 Å². The lowest BCUT2D eigenvalue weighted by Gasteiger charge is -2.34. The number of sulfonamides is 1. The molecule has 4 aromatic rings. The molecule has 4 aromatic carbocycles. The zero-order valence-electron chi connectivity index (χ0n) is 24.7. The Kier molecular flexibility index (Phi) is 12.3. The van der Waals surface area contributed by atoms with E-state index in [9.17, 15) is 18.0 Å². The van der Waals surface area contributed by atoms with E-state index in [-0.39, 0.29) is 39.5 Å². The Labute approximate surface area is 279 Å². The summed E-state index contributed by atoms with van der Waals surface area (Å²) in [5, 5.41) is 3.80. The lowest BCUT2D eigenvalue weighted by Crippen LogP contribution is -2.53. The highest BCUT2D eigenvalue weighted by Crippen LogP contribution is 2.31. The Hall–Kier alpha value is -3.56. The van der Waals surface area contributed by atoms with E-state index in [1.54, 1.807) is 42.5 Å². The molecule has 0 radical (unpaired) electrons. The van der Waals surface area contributed by atoms with Crippen LogP contribution in [0.15, 0.2) is 108 Å². The molecule has 0 saturated carbocycles. The van der Waals surface area contributed by atoms with E-state index in [1.165, 1.54) is 35.2 Å². The summed E-state index contributed by atoms with van der Waals surface area (Å²) in [5.74, 6) is -0.929. The highest BCUT2D eigenvalue weighted by molar-refractivity contribution is 7.92. The van der Waals surface area contributed by atoms with Gasteiger partial charge < -0.3 is 10.2 Å². The van der Waals surface area contributed by atoms with Gasteiger partial charge in [0.2, 0.25) is 11.8 Å². The Morgan fingerprint density at radius 3 is 2.11 bits per heavy atom. The minimum Gasteiger partial charge on any atom is -0.354 e. The molecule has 0 aromatic heterocycles. The van der Waals surface area contributed by atoms with E-state index in [2.05, 4.69) is 5.32 Å². The number of hydrogen-bond donors (Lipinski definition) is 1. The van der Waals surface area contributed by atoms with Gasteiger partial charge in [-0.2, -0.15) is 0 Å². The Bertz CT molecular complexity index is 1710. The van der Waals surface area contributed by atoms with Gasteiger partial charge in [-0.15, -0.1) is 0 Å². The normalized spacial score (nSPS) is 11.9. The van der Waals surface area contributed by atoms with Crippen molar-refractivity contribution in [3.05, 3.63) is 129 Å². The second-order valence-corrected chi connectivity index (χ2v) is 13.5. The van der Waals surface area contributed by atoms with Crippen molar-refractivity contribution in [2.24, 2.45) is 0 Å². The molecule has 0 aliphatic heterocycles. The van der Waals surface area contributed by atoms with E-state index >= 15 is 0 Å². The van der Waals surface area contributed by atoms with E-state index < -0.39 is 28.5 Å². The second-order valence-electron chi connectivity index (χ2n) is 10.4. The zero-order valence-corrected chi connectivity index (χ0v) is 27.8. The van der Waals surface area contributed by atoms with Gasteiger partial charge in [0.05, 0.1) is 20.6 Å². The molecule has 2 amide bonds. The fraction of sp³-hybridized carbons (Fsp3) is 0.235. The lowest BCUT2D eigenvalue weighted by atomic mass is 10.0. The van der Waals surface area contributed by atoms with Crippen LogP contribution in [0.5, 0.6) is 0 Å². The number of unbranched alkanes of at least 4 members (excludes halogenated alkanes) is 1. The van der Waals surface area contributed by atoms with Gasteiger partial charge in [0.15, 0.2) is 0 Å². The molecule has 45 heavy (non-hydrogen) atoms. The Morgan fingerprint density at radius 1 is 0.800 bits per heavy atom. The predicted molar refractivity (Wildman–Crippen MR) is 181 cm³/mol. The van der Waals surface area contributed by atoms with Crippen molar-refractivity contribution in [3.63, 3.8) is 0 Å². The predicted octanol–water partition coefficient (Wildman–Crippen LogP) is 7.40. The number of hydrogen-bond acceptors (Lipinski definition) is 4. The van der Waals surface area contributed by atoms with Gasteiger partial charge in [-0.05, 0) is 60.0 Å². The van der Waals surface area contributed by atoms with E-state index in [4.69, 9.17) is 34.8 Å². The number of amides is 2. The van der Waals surface area contributed by atoms with Gasteiger partial charge in [0.1, 0.15) is 12.6 Å². The van der Waals surface area contributed by atoms with Gasteiger partial charge >= 0.3 is 0 Å². The molecule has 11 heteroatoms. The molecule has 0 bridgehead atoms. The first kappa shape index (κ1) is 34.3. The molecule has 0 saturated heterocycles. The first-order chi connectivity index (χ1) is 21.6. The highest BCUT2D eigenvalue weighted by Gasteiger charge is 2.34. The Morgan fingerprint density at radius 2 is 1.47 bits per heavy atom. The SMILES string of the molecule is CCCCNC(=O)[C@H](Cc1ccccc1)N(Cc1cccc(Cl)c1)C(=O)CN(c1ccc(Cl)c(Cl)c1)S(=O)(=O)c1ccccc1. The standard InChI is InChI=1S/C34H34Cl3N3O4S/c1-2-3-19-38-34(42)32(21-25-11-6-4-7-12-25)39(23-26-13-10-14-27(35)20-26)33(41)24-40(28-17-18-30(36)31(37)22-28)45(43,44)29-15-8-5-9-16-29/h4-18,20,22,32H,2-3,19,21,23-24H2,1H3,(H,38,42)/t32-/m0/s1. The molecule has 236 valence electrons. The molecule has 0 heterocycles. The highest BCUT2D eigenvalue weighted by atomic mass is 35.5. The molecule has 7 nitrogen and oxygen atoms in total. The Balaban J connectivity index is 1.80. The smallest absolute Gasteiger partial charge is 0.264 e. The van der Waals surface area contributed by atoms with Crippen molar-refractivity contribution in [1.29, 1.82) is 0 Å². The first-order valence-corrected chi connectivity index (χ1v) is 17.1. The number of benzene rings is 4. The first-order valence-electron chi connectivity index (χ1n) is 14.5. The number of carbonyl (C=O) groups is 2. The van der Waals surface area contributed by atoms with Crippen LogP contribution in [-0.4, -0.2) is 44.3 Å². The molecule has 4 rings (SSSR count). The van der Waals surface area contributed by atoms with Gasteiger partial charge in [0.25, 0.3) is 10.0 Å². The third-order valence-corrected chi connectivity index (χ3v) is 9.91. The van der Waals surface area contributed by atoms with Crippen LogP contribution in [0.3, 0.4) is 0 Å². The summed E-state index contributed by atoms with van der Waals surface area (Å²) in [6.07, 6.45) is 1.86. The van der Waals surface area contributed by atoms with Crippen molar-refractivity contribution in [3.8, 4) is 0 Å². The average molecular weight is 687 g/mol. The minimum atomic E-state index is -4.25. The monoisotopic (exact) mass is 685 g/mol. The van der Waals surface area contributed by atoms with Crippen LogP contribution in [0.2, 0.25) is 15.1 Å². The summed E-state index contributed by atoms with van der Waals surface area (Å²) in [6.45, 7) is 1.87. The third-order valence-electron chi connectivity index (χ3n) is 7.14. The van der Waals surface area contributed by atoms with Gasteiger partial charge in [0, 0.05) is 24.5 Å². The van der Waals surface area contributed by atoms with Gasteiger partial charge in [-0.3, -0.25) is 13.9 Å². The number of halogens is 3. The molecule has 0 aliphatic carbocycles. The van der Waals surface area contributed by atoms with Crippen molar-refractivity contribution in [2.45, 2.75) is 43.7 Å². The maximum absolute atomic E-state index is 14.5. The largest absolute Gasteiger partial charge is 0.354 e. The summed E-state index contributed by atoms with van der Waals surface area (Å²) in [6, 6.07) is 27.6. The lowest BCUT2D eigenvalue weighted by molar-refractivity contribution is -0.140. The topological polar surface area (TPSA) is 86.8 Å². The van der Waals surface area contributed by atoms with E-state index in [0.29, 0.717) is 17.1 Å². The fourth-order valence-electron chi connectivity index (χ4n) is 4.78. The molecule has 0 spiro atoms. The van der Waals surface area contributed by atoms with E-state index in [0.717, 1.165) is 22.7 Å². The number of rotatable bonds is 14. The molecular formula is C34H34Cl3N3O4S. The number of nitrogens with one attached hydrogen (secondary N) is 1. The second kappa shape index (κ2) is 16.1. The minimum absolute atomic E-state index is 0.0107. The van der Waals surface area contributed by atoms with Crippen LogP contribution < -0.4 is 9.62 Å². The zero-order chi connectivity index (χ0) is 32.4. The van der Waals surface area contributed by atoms with Crippen LogP contribution in [0.4, 0.5) is 5.69 Å². The van der Waals surface area contributed by atoms with Crippen molar-refractivity contribution >= 4 is 62.3 Å². The number of carbonyl (C=O) groups excluding carboxylic acids is 2. The van der Waals surface area contributed by atoms with Crippen molar-refractivity contribution < 1.29 is 18.0 Å². The summed E-state index contributed by atoms with van der Waals surface area (Å²) >= 11 is 18.7. The summed E-state index contributed by atoms with van der Waals surface area (Å²) in [7, 11) is -4.25. The van der Waals surface area contributed by atoms with Gasteiger partial charge in [-0.1, -0.05) is 109 Å². The van der Waals surface area contributed by atoms with Crippen LogP contribution in [0, 0.1) is 0 Å². The van der Waals surface area contributed by atoms with Gasteiger partial charge in [-0.25, -0.2) is 8.42 Å². The molecule has 0 unspecified atom stereocenters. The summed E-state index contributed by atoms with van der Waals surface area (Å²) in [5.41, 5.74) is 1.67. The summed E-state index contributed by atoms with van der Waals surface area (Å²) in [4.78, 5) is 29.7. The average Bonchev–Trinajstić information content (AvgIpc) is 3.03.